The Labute approximate surface area is 69.4 Å². The van der Waals surface area contributed by atoms with Crippen molar-refractivity contribution in [1.29, 1.82) is 0 Å². The van der Waals surface area contributed by atoms with E-state index in [2.05, 4.69) is 13.8 Å². The predicted octanol–water partition coefficient (Wildman–Crippen LogP) is 2.16. The van der Waals surface area contributed by atoms with Gasteiger partial charge in [0.1, 0.15) is 0 Å². The summed E-state index contributed by atoms with van der Waals surface area (Å²) in [6, 6.07) is 0.493. The van der Waals surface area contributed by atoms with Gasteiger partial charge in [-0.15, -0.1) is 0 Å². The van der Waals surface area contributed by atoms with Crippen molar-refractivity contribution in [2.75, 3.05) is 0 Å². The van der Waals surface area contributed by atoms with Crippen LogP contribution in [0.3, 0.4) is 0 Å². The van der Waals surface area contributed by atoms with E-state index in [1.54, 1.807) is 0 Å². The topological polar surface area (TPSA) is 26.0 Å². The van der Waals surface area contributed by atoms with Crippen molar-refractivity contribution in [3.8, 4) is 0 Å². The zero-order valence-corrected chi connectivity index (χ0v) is 7.64. The summed E-state index contributed by atoms with van der Waals surface area (Å²) < 4.78 is 0. The standard InChI is InChI=1S/C10H19N/c1-10(2)8-6-4-3-5-7(8)9(10)11/h7-9H,3-6,11H2,1-2H3/t7-,8+,9-/m1/s1. The second kappa shape index (κ2) is 2.22. The van der Waals surface area contributed by atoms with Gasteiger partial charge in [0, 0.05) is 6.04 Å². The van der Waals surface area contributed by atoms with Crippen molar-refractivity contribution in [2.45, 2.75) is 45.6 Å². The van der Waals surface area contributed by atoms with Crippen molar-refractivity contribution in [1.82, 2.24) is 0 Å². The minimum absolute atomic E-state index is 0.449. The largest absolute Gasteiger partial charge is 0.327 e. The van der Waals surface area contributed by atoms with Gasteiger partial charge in [-0.05, 0) is 30.1 Å². The van der Waals surface area contributed by atoms with E-state index in [1.165, 1.54) is 25.7 Å². The van der Waals surface area contributed by atoms with Gasteiger partial charge in [0.15, 0.2) is 0 Å². The molecule has 0 radical (unpaired) electrons. The summed E-state index contributed by atoms with van der Waals surface area (Å²) in [6.07, 6.45) is 5.70. The molecule has 2 aliphatic rings. The SMILES string of the molecule is CC1(C)[C@H](N)[C@@H]2CCCC[C@@H]21. The molecule has 2 aliphatic carbocycles. The van der Waals surface area contributed by atoms with E-state index >= 15 is 0 Å². The highest BCUT2D eigenvalue weighted by Crippen LogP contribution is 2.55. The van der Waals surface area contributed by atoms with Crippen molar-refractivity contribution < 1.29 is 0 Å². The lowest BCUT2D eigenvalue weighted by Gasteiger charge is -2.59. The number of hydrogen-bond acceptors (Lipinski definition) is 1. The molecular formula is C10H19N. The highest BCUT2D eigenvalue weighted by molar-refractivity contribution is 5.06. The van der Waals surface area contributed by atoms with Crippen molar-refractivity contribution in [2.24, 2.45) is 23.0 Å². The van der Waals surface area contributed by atoms with Crippen LogP contribution < -0.4 is 5.73 Å². The molecule has 0 aromatic rings. The number of fused-ring (bicyclic) bond motifs is 1. The first-order valence-corrected chi connectivity index (χ1v) is 4.89. The highest BCUT2D eigenvalue weighted by atomic mass is 14.8. The van der Waals surface area contributed by atoms with Crippen LogP contribution in [0.5, 0.6) is 0 Å². The van der Waals surface area contributed by atoms with Crippen LogP contribution in [0, 0.1) is 17.3 Å². The molecule has 1 nitrogen and oxygen atoms in total. The minimum Gasteiger partial charge on any atom is -0.327 e. The normalized spacial score (nSPS) is 47.7. The smallest absolute Gasteiger partial charge is 0.0124 e. The molecule has 0 amide bonds. The van der Waals surface area contributed by atoms with Crippen molar-refractivity contribution in [3.05, 3.63) is 0 Å². The summed E-state index contributed by atoms with van der Waals surface area (Å²) in [5.74, 6) is 1.82. The fourth-order valence-corrected chi connectivity index (χ4v) is 3.19. The molecule has 64 valence electrons. The molecule has 0 bridgehead atoms. The van der Waals surface area contributed by atoms with Gasteiger partial charge < -0.3 is 5.73 Å². The maximum absolute atomic E-state index is 6.11. The molecule has 1 heteroatoms. The lowest BCUT2D eigenvalue weighted by atomic mass is 9.48. The van der Waals surface area contributed by atoms with Gasteiger partial charge in [-0.1, -0.05) is 26.7 Å². The minimum atomic E-state index is 0.449. The molecule has 11 heavy (non-hydrogen) atoms. The van der Waals surface area contributed by atoms with Crippen LogP contribution in [0.15, 0.2) is 0 Å². The maximum Gasteiger partial charge on any atom is 0.0124 e. The summed E-state index contributed by atoms with van der Waals surface area (Å²) >= 11 is 0. The Hall–Kier alpha value is -0.0400. The first kappa shape index (κ1) is 7.60. The second-order valence-corrected chi connectivity index (χ2v) is 4.90. The molecule has 0 saturated heterocycles. The van der Waals surface area contributed by atoms with E-state index in [-0.39, 0.29) is 0 Å². The van der Waals surface area contributed by atoms with E-state index in [0.29, 0.717) is 11.5 Å². The number of nitrogens with two attached hydrogens (primary N) is 1. The van der Waals surface area contributed by atoms with Crippen LogP contribution in [0.4, 0.5) is 0 Å². The van der Waals surface area contributed by atoms with Crippen LogP contribution in [0.25, 0.3) is 0 Å². The molecule has 2 rings (SSSR count). The molecule has 3 atom stereocenters. The van der Waals surface area contributed by atoms with E-state index in [9.17, 15) is 0 Å². The molecule has 0 aromatic heterocycles. The third-order valence-corrected chi connectivity index (χ3v) is 4.10. The maximum atomic E-state index is 6.11. The van der Waals surface area contributed by atoms with Gasteiger partial charge in [0.05, 0.1) is 0 Å². The van der Waals surface area contributed by atoms with Crippen LogP contribution in [-0.2, 0) is 0 Å². The van der Waals surface area contributed by atoms with Gasteiger partial charge >= 0.3 is 0 Å². The zero-order valence-electron chi connectivity index (χ0n) is 7.64. The highest BCUT2D eigenvalue weighted by Gasteiger charge is 2.54. The molecule has 0 spiro atoms. The first-order chi connectivity index (χ1) is 5.14. The van der Waals surface area contributed by atoms with Gasteiger partial charge in [-0.3, -0.25) is 0 Å². The van der Waals surface area contributed by atoms with E-state index in [0.717, 1.165) is 11.8 Å². The second-order valence-electron chi connectivity index (χ2n) is 4.90. The Bertz CT molecular complexity index is 162. The third kappa shape index (κ3) is 0.868. The molecular weight excluding hydrogens is 134 g/mol. The average molecular weight is 153 g/mol. The molecule has 2 fully saturated rings. The van der Waals surface area contributed by atoms with Gasteiger partial charge in [-0.2, -0.15) is 0 Å². The van der Waals surface area contributed by atoms with Crippen molar-refractivity contribution >= 4 is 0 Å². The lowest BCUT2D eigenvalue weighted by Crippen LogP contribution is -2.63. The zero-order chi connectivity index (χ0) is 8.06. The van der Waals surface area contributed by atoms with Crippen LogP contribution in [0.1, 0.15) is 39.5 Å². The number of rotatable bonds is 0. The Morgan fingerprint density at radius 2 is 1.82 bits per heavy atom. The number of hydrogen-bond donors (Lipinski definition) is 1. The van der Waals surface area contributed by atoms with Gasteiger partial charge in [0.2, 0.25) is 0 Å². The lowest BCUT2D eigenvalue weighted by molar-refractivity contribution is -0.0695. The Balaban J connectivity index is 2.09. The third-order valence-electron chi connectivity index (χ3n) is 4.10. The Morgan fingerprint density at radius 1 is 1.18 bits per heavy atom. The molecule has 0 heterocycles. The first-order valence-electron chi connectivity index (χ1n) is 4.89. The summed E-state index contributed by atoms with van der Waals surface area (Å²) in [7, 11) is 0. The fourth-order valence-electron chi connectivity index (χ4n) is 3.19. The van der Waals surface area contributed by atoms with Gasteiger partial charge in [-0.25, -0.2) is 0 Å². The van der Waals surface area contributed by atoms with Gasteiger partial charge in [0.25, 0.3) is 0 Å². The monoisotopic (exact) mass is 153 g/mol. The molecule has 2 saturated carbocycles. The van der Waals surface area contributed by atoms with E-state index in [4.69, 9.17) is 5.73 Å². The van der Waals surface area contributed by atoms with E-state index < -0.39 is 0 Å². The molecule has 0 unspecified atom stereocenters. The predicted molar refractivity (Wildman–Crippen MR) is 47.2 cm³/mol. The van der Waals surface area contributed by atoms with Crippen LogP contribution >= 0.6 is 0 Å². The quantitative estimate of drug-likeness (QED) is 0.567. The van der Waals surface area contributed by atoms with Crippen molar-refractivity contribution in [3.63, 3.8) is 0 Å². The molecule has 0 aromatic carbocycles. The Morgan fingerprint density at radius 3 is 2.45 bits per heavy atom. The molecule has 2 N–H and O–H groups in total. The summed E-state index contributed by atoms with van der Waals surface area (Å²) in [5, 5.41) is 0. The summed E-state index contributed by atoms with van der Waals surface area (Å²) in [6.45, 7) is 4.67. The average Bonchev–Trinajstić information content (AvgIpc) is 2.04. The van der Waals surface area contributed by atoms with E-state index in [1.807, 2.05) is 0 Å². The molecule has 0 aliphatic heterocycles. The fraction of sp³-hybridized carbons (Fsp3) is 1.00. The summed E-state index contributed by atoms with van der Waals surface area (Å²) in [5.41, 5.74) is 6.56. The van der Waals surface area contributed by atoms with Crippen LogP contribution in [-0.4, -0.2) is 6.04 Å². The van der Waals surface area contributed by atoms with Crippen LogP contribution in [0.2, 0.25) is 0 Å². The summed E-state index contributed by atoms with van der Waals surface area (Å²) in [4.78, 5) is 0. The Kier molecular flexibility index (Phi) is 1.54.